The number of anilines is 1. The van der Waals surface area contributed by atoms with E-state index in [1.165, 1.54) is 0 Å². The molecular weight excluding hydrogens is 465 g/mol. The van der Waals surface area contributed by atoms with Crippen LogP contribution in [0, 0.1) is 0 Å². The number of hydrogen-bond donors (Lipinski definition) is 1. The number of benzene rings is 2. The molecule has 32 heavy (non-hydrogen) atoms. The van der Waals surface area contributed by atoms with Crippen molar-refractivity contribution in [1.29, 1.82) is 0 Å². The number of carbonyl (C=O) groups excluding carboxylic acids is 1. The first kappa shape index (κ1) is 22.0. The lowest BCUT2D eigenvalue weighted by atomic mass is 10.3. The summed E-state index contributed by atoms with van der Waals surface area (Å²) in [6.07, 6.45) is -3.73. The Hall–Kier alpha value is -3.24. The Bertz CT molecular complexity index is 1270. The number of pyridine rings is 1. The second kappa shape index (κ2) is 9.09. The minimum Gasteiger partial charge on any atom is -0.455 e. The fraction of sp³-hybridized carbons (Fsp3) is 0.0952. The van der Waals surface area contributed by atoms with Crippen molar-refractivity contribution in [2.45, 2.75) is 11.3 Å². The van der Waals surface area contributed by atoms with Gasteiger partial charge in [-0.15, -0.1) is 10.2 Å². The number of halogens is 4. The molecular formula is C21H14ClF3N4O2S. The molecule has 0 saturated heterocycles. The molecule has 1 N–H and O–H groups in total. The summed E-state index contributed by atoms with van der Waals surface area (Å²) in [5, 5.41) is 10.3. The number of amides is 1. The quantitative estimate of drug-likeness (QED) is 0.348. The normalized spacial score (nSPS) is 11.5. The molecule has 11 heteroatoms. The zero-order valence-corrected chi connectivity index (χ0v) is 17.7. The van der Waals surface area contributed by atoms with E-state index in [1.807, 2.05) is 18.2 Å². The van der Waals surface area contributed by atoms with Crippen LogP contribution in [0.15, 0.2) is 72.0 Å². The minimum atomic E-state index is -4.58. The Balaban J connectivity index is 1.47. The van der Waals surface area contributed by atoms with Crippen LogP contribution in [0.3, 0.4) is 0 Å². The predicted octanol–water partition coefficient (Wildman–Crippen LogP) is 5.92. The molecule has 4 aromatic rings. The van der Waals surface area contributed by atoms with Crippen LogP contribution < -0.4 is 10.1 Å². The number of alkyl halides is 3. The van der Waals surface area contributed by atoms with Gasteiger partial charge in [0.05, 0.1) is 22.0 Å². The van der Waals surface area contributed by atoms with E-state index in [0.717, 1.165) is 28.4 Å². The molecule has 2 heterocycles. The second-order valence-electron chi connectivity index (χ2n) is 6.50. The third-order valence-electron chi connectivity index (χ3n) is 4.22. The van der Waals surface area contributed by atoms with Gasteiger partial charge in [-0.25, -0.2) is 0 Å². The van der Waals surface area contributed by atoms with E-state index in [1.54, 1.807) is 36.4 Å². The minimum absolute atomic E-state index is 0.0733. The number of nitrogens with zero attached hydrogens (tertiary/aromatic N) is 3. The van der Waals surface area contributed by atoms with Crippen LogP contribution in [0.4, 0.5) is 18.9 Å². The maximum atomic E-state index is 13.1. The molecule has 0 atom stereocenters. The molecule has 0 bridgehead atoms. The van der Waals surface area contributed by atoms with Gasteiger partial charge in [0.15, 0.2) is 16.6 Å². The van der Waals surface area contributed by atoms with Gasteiger partial charge in [-0.05, 0) is 30.3 Å². The van der Waals surface area contributed by atoms with Crippen molar-refractivity contribution in [3.05, 3.63) is 77.4 Å². The van der Waals surface area contributed by atoms with Crippen LogP contribution in [0.2, 0.25) is 5.02 Å². The molecule has 164 valence electrons. The average Bonchev–Trinajstić information content (AvgIpc) is 3.17. The van der Waals surface area contributed by atoms with Gasteiger partial charge in [0.25, 0.3) is 0 Å². The Morgan fingerprint density at radius 1 is 1.09 bits per heavy atom. The summed E-state index contributed by atoms with van der Waals surface area (Å²) in [5.74, 6) is 0.547. The lowest BCUT2D eigenvalue weighted by Gasteiger charge is -2.12. The Kier molecular flexibility index (Phi) is 6.24. The first-order valence-corrected chi connectivity index (χ1v) is 10.5. The summed E-state index contributed by atoms with van der Waals surface area (Å²) in [6, 6.07) is 16.8. The number of aromatic nitrogens is 3. The number of para-hydroxylation sites is 3. The lowest BCUT2D eigenvalue weighted by Crippen LogP contribution is -2.15. The van der Waals surface area contributed by atoms with Crippen LogP contribution in [0.1, 0.15) is 5.56 Å². The fourth-order valence-corrected chi connectivity index (χ4v) is 3.73. The first-order chi connectivity index (χ1) is 15.3. The van der Waals surface area contributed by atoms with E-state index in [2.05, 4.69) is 15.5 Å². The molecule has 0 spiro atoms. The smallest absolute Gasteiger partial charge is 0.417 e. The topological polar surface area (TPSA) is 68.5 Å². The number of nitrogens with one attached hydrogen (secondary N) is 1. The number of ether oxygens (including phenoxy) is 1. The molecule has 2 aromatic heterocycles. The average molecular weight is 479 g/mol. The molecule has 1 amide bonds. The van der Waals surface area contributed by atoms with Crippen molar-refractivity contribution in [2.75, 3.05) is 11.1 Å². The SMILES string of the molecule is O=C(CSc1nnc2c(Cl)cc(C(F)(F)F)cn12)Nc1ccccc1Oc1ccccc1. The van der Waals surface area contributed by atoms with Crippen LogP contribution >= 0.6 is 23.4 Å². The van der Waals surface area contributed by atoms with Gasteiger partial charge in [0, 0.05) is 6.20 Å². The summed E-state index contributed by atoms with van der Waals surface area (Å²) in [6.45, 7) is 0. The third kappa shape index (κ3) is 4.97. The molecule has 0 aliphatic heterocycles. The highest BCUT2D eigenvalue weighted by Gasteiger charge is 2.32. The Morgan fingerprint density at radius 3 is 2.56 bits per heavy atom. The lowest BCUT2D eigenvalue weighted by molar-refractivity contribution is -0.137. The maximum absolute atomic E-state index is 13.1. The molecule has 4 rings (SSSR count). The summed E-state index contributed by atoms with van der Waals surface area (Å²) in [7, 11) is 0. The van der Waals surface area contributed by atoms with Crippen molar-refractivity contribution >= 4 is 40.6 Å². The van der Waals surface area contributed by atoms with Gasteiger partial charge in [-0.3, -0.25) is 9.20 Å². The van der Waals surface area contributed by atoms with Crippen LogP contribution in [0.5, 0.6) is 11.5 Å². The van der Waals surface area contributed by atoms with Gasteiger partial charge in [0.2, 0.25) is 5.91 Å². The van der Waals surface area contributed by atoms with Crippen LogP contribution in [0.25, 0.3) is 5.65 Å². The molecule has 2 aromatic carbocycles. The molecule has 0 aliphatic rings. The van der Waals surface area contributed by atoms with Crippen molar-refractivity contribution in [3.63, 3.8) is 0 Å². The van der Waals surface area contributed by atoms with E-state index in [0.29, 0.717) is 17.2 Å². The van der Waals surface area contributed by atoms with Crippen LogP contribution in [-0.4, -0.2) is 26.3 Å². The van der Waals surface area contributed by atoms with E-state index in [4.69, 9.17) is 16.3 Å². The standard InChI is InChI=1S/C21H14ClF3N4O2S/c22-15-10-13(21(23,24)25)11-29-19(15)27-28-20(29)32-12-18(30)26-16-8-4-5-9-17(16)31-14-6-2-1-3-7-14/h1-11H,12H2,(H,26,30). The first-order valence-electron chi connectivity index (χ1n) is 9.17. The molecule has 0 saturated carbocycles. The highest BCUT2D eigenvalue weighted by atomic mass is 35.5. The van der Waals surface area contributed by atoms with Crippen molar-refractivity contribution in [2.24, 2.45) is 0 Å². The molecule has 0 aliphatic carbocycles. The largest absolute Gasteiger partial charge is 0.455 e. The number of hydrogen-bond acceptors (Lipinski definition) is 5. The number of thioether (sulfide) groups is 1. The predicted molar refractivity (Wildman–Crippen MR) is 115 cm³/mol. The van der Waals surface area contributed by atoms with Gasteiger partial charge in [0.1, 0.15) is 5.75 Å². The maximum Gasteiger partial charge on any atom is 0.417 e. The highest BCUT2D eigenvalue weighted by molar-refractivity contribution is 7.99. The highest BCUT2D eigenvalue weighted by Crippen LogP contribution is 2.33. The molecule has 0 fully saturated rings. The molecule has 0 unspecified atom stereocenters. The van der Waals surface area contributed by atoms with Gasteiger partial charge >= 0.3 is 6.18 Å². The summed E-state index contributed by atoms with van der Waals surface area (Å²) >= 11 is 6.84. The Morgan fingerprint density at radius 2 is 1.81 bits per heavy atom. The van der Waals surface area contributed by atoms with E-state index < -0.39 is 17.6 Å². The van der Waals surface area contributed by atoms with Gasteiger partial charge in [-0.1, -0.05) is 53.7 Å². The van der Waals surface area contributed by atoms with Gasteiger partial charge in [-0.2, -0.15) is 13.2 Å². The molecule has 0 radical (unpaired) electrons. The van der Waals surface area contributed by atoms with E-state index >= 15 is 0 Å². The van der Waals surface area contributed by atoms with Crippen LogP contribution in [-0.2, 0) is 11.0 Å². The van der Waals surface area contributed by atoms with Crippen molar-refractivity contribution < 1.29 is 22.7 Å². The monoisotopic (exact) mass is 478 g/mol. The third-order valence-corrected chi connectivity index (χ3v) is 5.44. The van der Waals surface area contributed by atoms with E-state index in [9.17, 15) is 18.0 Å². The number of rotatable bonds is 6. The molecule has 6 nitrogen and oxygen atoms in total. The number of carbonyl (C=O) groups is 1. The summed E-state index contributed by atoms with van der Waals surface area (Å²) in [5.41, 5.74) is -0.410. The van der Waals surface area contributed by atoms with E-state index in [-0.39, 0.29) is 21.6 Å². The zero-order valence-electron chi connectivity index (χ0n) is 16.1. The van der Waals surface area contributed by atoms with Gasteiger partial charge < -0.3 is 10.1 Å². The summed E-state index contributed by atoms with van der Waals surface area (Å²) < 4.78 is 46.2. The fourth-order valence-electron chi connectivity index (χ4n) is 2.78. The Labute approximate surface area is 189 Å². The van der Waals surface area contributed by atoms with Crippen molar-refractivity contribution in [1.82, 2.24) is 14.6 Å². The number of fused-ring (bicyclic) bond motifs is 1. The summed E-state index contributed by atoms with van der Waals surface area (Å²) in [4.78, 5) is 12.5. The van der Waals surface area contributed by atoms with Crippen molar-refractivity contribution in [3.8, 4) is 11.5 Å². The second-order valence-corrected chi connectivity index (χ2v) is 7.85. The zero-order chi connectivity index (χ0) is 22.7.